The van der Waals surface area contributed by atoms with Crippen LogP contribution in [0.2, 0.25) is 0 Å². The summed E-state index contributed by atoms with van der Waals surface area (Å²) in [5.41, 5.74) is 1.51. The number of thiol groups is 1. The van der Waals surface area contributed by atoms with Gasteiger partial charge in [0.2, 0.25) is 0 Å². The number of rotatable bonds is 7. The maximum atomic E-state index is 10.5. The Labute approximate surface area is 113 Å². The molecule has 1 aromatic carbocycles. The zero-order chi connectivity index (χ0) is 14.4. The van der Waals surface area contributed by atoms with Crippen LogP contribution in [0.4, 0.5) is 5.69 Å². The van der Waals surface area contributed by atoms with Gasteiger partial charge in [-0.3, -0.25) is 9.69 Å². The van der Waals surface area contributed by atoms with Crippen LogP contribution in [0.25, 0.3) is 0 Å². The molecule has 0 spiro atoms. The zero-order valence-corrected chi connectivity index (χ0v) is 11.5. The molecule has 0 amide bonds. The van der Waals surface area contributed by atoms with E-state index in [2.05, 4.69) is 4.28 Å². The monoisotopic (exact) mass is 288 g/mol. The standard InChI is InChI=1S/C11H16N2O5S/c1-12(8-11(14)15)7-9-3-5-10(6-4-9)13(2)18-19(16)17/h3-6,19H,7-8H2,1-2H3,(H,14,15). The number of anilines is 1. The molecular formula is C11H16N2O5S. The Morgan fingerprint density at radius 1 is 1.26 bits per heavy atom. The number of benzene rings is 1. The minimum Gasteiger partial charge on any atom is -0.480 e. The molecule has 19 heavy (non-hydrogen) atoms. The van der Waals surface area contributed by atoms with Crippen molar-refractivity contribution in [2.75, 3.05) is 25.7 Å². The normalized spacial score (nSPS) is 10.9. The van der Waals surface area contributed by atoms with Crippen molar-refractivity contribution in [3.8, 4) is 0 Å². The molecular weight excluding hydrogens is 272 g/mol. The van der Waals surface area contributed by atoms with Gasteiger partial charge in [-0.05, 0) is 24.7 Å². The van der Waals surface area contributed by atoms with E-state index in [1.54, 1.807) is 36.2 Å². The van der Waals surface area contributed by atoms with E-state index >= 15 is 0 Å². The van der Waals surface area contributed by atoms with Crippen LogP contribution in [-0.2, 0) is 26.6 Å². The van der Waals surface area contributed by atoms with Gasteiger partial charge in [0.05, 0.1) is 12.2 Å². The Hall–Kier alpha value is -1.64. The average molecular weight is 288 g/mol. The average Bonchev–Trinajstić information content (AvgIpc) is 2.27. The summed E-state index contributed by atoms with van der Waals surface area (Å²) in [6, 6.07) is 6.96. The van der Waals surface area contributed by atoms with E-state index in [1.807, 2.05) is 0 Å². The second kappa shape index (κ2) is 7.07. The summed E-state index contributed by atoms with van der Waals surface area (Å²) in [5.74, 6) is -0.883. The summed E-state index contributed by atoms with van der Waals surface area (Å²) in [5, 5.41) is 9.78. The first-order valence-electron chi connectivity index (χ1n) is 5.44. The molecule has 0 aliphatic carbocycles. The Bertz CT molecular complexity index is 492. The maximum Gasteiger partial charge on any atom is 0.317 e. The molecule has 1 N–H and O–H groups in total. The van der Waals surface area contributed by atoms with Crippen LogP contribution in [0, 0.1) is 0 Å². The molecule has 0 fully saturated rings. The highest BCUT2D eigenvalue weighted by atomic mass is 32.2. The Morgan fingerprint density at radius 2 is 1.84 bits per heavy atom. The number of hydrogen-bond donors (Lipinski definition) is 2. The molecule has 0 unspecified atom stereocenters. The van der Waals surface area contributed by atoms with Gasteiger partial charge in [-0.15, -0.1) is 0 Å². The number of aliphatic carboxylic acids is 1. The molecule has 7 nitrogen and oxygen atoms in total. The maximum absolute atomic E-state index is 10.5. The van der Waals surface area contributed by atoms with Gasteiger partial charge in [-0.2, -0.15) is 4.28 Å². The number of hydroxylamine groups is 1. The zero-order valence-electron chi connectivity index (χ0n) is 10.6. The molecule has 0 saturated carbocycles. The second-order valence-corrected chi connectivity index (χ2v) is 4.65. The molecule has 0 saturated heterocycles. The molecule has 106 valence electrons. The van der Waals surface area contributed by atoms with E-state index in [9.17, 15) is 13.2 Å². The first kappa shape index (κ1) is 15.4. The SMILES string of the molecule is CN(CC(=O)O)Cc1ccc(N(C)O[SH](=O)=O)cc1. The van der Waals surface area contributed by atoms with Gasteiger partial charge < -0.3 is 5.11 Å². The van der Waals surface area contributed by atoms with Crippen molar-refractivity contribution in [2.45, 2.75) is 6.54 Å². The third kappa shape index (κ3) is 5.69. The summed E-state index contributed by atoms with van der Waals surface area (Å²) in [7, 11) is 0.248. The third-order valence-electron chi connectivity index (χ3n) is 2.35. The predicted octanol–water partition coefficient (Wildman–Crippen LogP) is 0.0972. The lowest BCUT2D eigenvalue weighted by molar-refractivity contribution is -0.138. The molecule has 1 aromatic rings. The van der Waals surface area contributed by atoms with Crippen LogP contribution >= 0.6 is 0 Å². The van der Waals surface area contributed by atoms with Gasteiger partial charge in [0.15, 0.2) is 0 Å². The van der Waals surface area contributed by atoms with E-state index in [0.717, 1.165) is 10.6 Å². The number of hydrogen-bond acceptors (Lipinski definition) is 6. The van der Waals surface area contributed by atoms with Crippen LogP contribution < -0.4 is 5.06 Å². The summed E-state index contributed by atoms with van der Waals surface area (Å²) in [4.78, 5) is 12.2. The molecule has 0 aromatic heterocycles. The fourth-order valence-electron chi connectivity index (χ4n) is 1.56. The van der Waals surface area contributed by atoms with Crippen molar-refractivity contribution in [2.24, 2.45) is 0 Å². The van der Waals surface area contributed by atoms with Gasteiger partial charge in [0.1, 0.15) is 0 Å². The number of nitrogens with zero attached hydrogens (tertiary/aromatic N) is 2. The Morgan fingerprint density at radius 3 is 2.32 bits per heavy atom. The fourth-order valence-corrected chi connectivity index (χ4v) is 1.85. The summed E-state index contributed by atoms with van der Waals surface area (Å²) >= 11 is 0. The number of carboxylic acid groups (broad SMARTS) is 1. The quantitative estimate of drug-likeness (QED) is 0.543. The highest BCUT2D eigenvalue weighted by Crippen LogP contribution is 2.15. The summed E-state index contributed by atoms with van der Waals surface area (Å²) < 4.78 is 25.3. The van der Waals surface area contributed by atoms with Crippen molar-refractivity contribution in [3.63, 3.8) is 0 Å². The first-order chi connectivity index (χ1) is 8.88. The topological polar surface area (TPSA) is 87.2 Å². The van der Waals surface area contributed by atoms with Crippen molar-refractivity contribution in [1.82, 2.24) is 4.90 Å². The van der Waals surface area contributed by atoms with Crippen LogP contribution in [0.15, 0.2) is 24.3 Å². The lowest BCUT2D eigenvalue weighted by Crippen LogP contribution is -2.25. The van der Waals surface area contributed by atoms with Crippen LogP contribution in [0.5, 0.6) is 0 Å². The molecule has 0 bridgehead atoms. The molecule has 0 atom stereocenters. The minimum atomic E-state index is -2.94. The lowest BCUT2D eigenvalue weighted by Gasteiger charge is -2.16. The molecule has 8 heteroatoms. The Balaban J connectivity index is 2.63. The summed E-state index contributed by atoms with van der Waals surface area (Å²) in [6.45, 7) is 0.453. The van der Waals surface area contributed by atoms with Gasteiger partial charge >= 0.3 is 5.97 Å². The van der Waals surface area contributed by atoms with E-state index in [0.29, 0.717) is 12.2 Å². The van der Waals surface area contributed by atoms with Crippen molar-refractivity contribution in [3.05, 3.63) is 29.8 Å². The highest BCUT2D eigenvalue weighted by molar-refractivity contribution is 7.67. The van der Waals surface area contributed by atoms with Crippen molar-refractivity contribution >= 4 is 22.6 Å². The van der Waals surface area contributed by atoms with Gasteiger partial charge in [0.25, 0.3) is 11.0 Å². The van der Waals surface area contributed by atoms with Gasteiger partial charge in [-0.1, -0.05) is 12.1 Å². The second-order valence-electron chi connectivity index (χ2n) is 4.04. The third-order valence-corrected chi connectivity index (χ3v) is 2.73. The van der Waals surface area contributed by atoms with E-state index in [1.165, 1.54) is 7.05 Å². The van der Waals surface area contributed by atoms with Crippen LogP contribution in [-0.4, -0.2) is 45.0 Å². The fraction of sp³-hybridized carbons (Fsp3) is 0.364. The highest BCUT2D eigenvalue weighted by Gasteiger charge is 2.06. The number of likely N-dealkylation sites (N-methyl/N-ethyl adjacent to an activating group) is 1. The Kier molecular flexibility index (Phi) is 5.74. The molecule has 0 heterocycles. The largest absolute Gasteiger partial charge is 0.480 e. The minimum absolute atomic E-state index is 0.0403. The van der Waals surface area contributed by atoms with E-state index in [-0.39, 0.29) is 6.54 Å². The molecule has 0 aliphatic rings. The lowest BCUT2D eigenvalue weighted by atomic mass is 10.2. The van der Waals surface area contributed by atoms with E-state index in [4.69, 9.17) is 5.11 Å². The van der Waals surface area contributed by atoms with Crippen LogP contribution in [0.1, 0.15) is 5.56 Å². The van der Waals surface area contributed by atoms with Gasteiger partial charge in [-0.25, -0.2) is 13.5 Å². The smallest absolute Gasteiger partial charge is 0.317 e. The molecule has 1 rings (SSSR count). The number of carbonyl (C=O) groups is 1. The van der Waals surface area contributed by atoms with Crippen molar-refractivity contribution in [1.29, 1.82) is 0 Å². The molecule has 0 aliphatic heterocycles. The first-order valence-corrected chi connectivity index (χ1v) is 6.53. The van der Waals surface area contributed by atoms with E-state index < -0.39 is 17.0 Å². The predicted molar refractivity (Wildman–Crippen MR) is 70.2 cm³/mol. The van der Waals surface area contributed by atoms with Gasteiger partial charge in [0, 0.05) is 13.6 Å². The van der Waals surface area contributed by atoms with Crippen LogP contribution in [0.3, 0.4) is 0 Å². The summed E-state index contributed by atoms with van der Waals surface area (Å²) in [6.07, 6.45) is 0. The molecule has 0 radical (unpaired) electrons. The van der Waals surface area contributed by atoms with Crippen molar-refractivity contribution < 1.29 is 22.6 Å². The number of carboxylic acids is 1.